The van der Waals surface area contributed by atoms with E-state index in [9.17, 15) is 9.18 Å². The topological polar surface area (TPSA) is 81.0 Å². The molecular weight excluding hydrogens is 405 g/mol. The van der Waals surface area contributed by atoms with Crippen LogP contribution in [0.15, 0.2) is 54.9 Å². The monoisotopic (exact) mass is 421 g/mol. The van der Waals surface area contributed by atoms with E-state index < -0.39 is 5.82 Å². The molecule has 1 fully saturated rings. The van der Waals surface area contributed by atoms with Crippen LogP contribution >= 0.6 is 11.6 Å². The molecule has 0 atom stereocenters. The summed E-state index contributed by atoms with van der Waals surface area (Å²) in [6.07, 6.45) is 5.04. The molecule has 3 N–H and O–H groups in total. The van der Waals surface area contributed by atoms with Crippen molar-refractivity contribution < 1.29 is 13.9 Å². The first kappa shape index (κ1) is 18.6. The van der Waals surface area contributed by atoms with E-state index in [-0.39, 0.29) is 17.5 Å². The lowest BCUT2D eigenvalue weighted by molar-refractivity contribution is 0.103. The number of halogens is 2. The minimum absolute atomic E-state index is 0.142. The molecule has 7 heteroatoms. The Morgan fingerprint density at radius 3 is 2.77 bits per heavy atom. The number of benzene rings is 2. The van der Waals surface area contributed by atoms with Crippen molar-refractivity contribution >= 4 is 34.1 Å². The average Bonchev–Trinajstić information content (AvgIpc) is 3.51. The second-order valence-corrected chi connectivity index (χ2v) is 7.74. The predicted octanol–water partition coefficient (Wildman–Crippen LogP) is 5.84. The molecular formula is C23H17ClFN3O2. The Morgan fingerprint density at radius 1 is 1.20 bits per heavy atom. The van der Waals surface area contributed by atoms with E-state index in [1.54, 1.807) is 36.5 Å². The summed E-state index contributed by atoms with van der Waals surface area (Å²) in [5.41, 5.74) is 8.81. The van der Waals surface area contributed by atoms with Gasteiger partial charge in [-0.15, -0.1) is 0 Å². The van der Waals surface area contributed by atoms with Gasteiger partial charge in [0.05, 0.1) is 27.9 Å². The minimum atomic E-state index is -0.440. The lowest BCUT2D eigenvalue weighted by Gasteiger charge is -2.12. The van der Waals surface area contributed by atoms with E-state index in [4.69, 9.17) is 22.1 Å². The molecule has 0 unspecified atom stereocenters. The first-order valence-corrected chi connectivity index (χ1v) is 9.93. The first-order chi connectivity index (χ1) is 14.5. The van der Waals surface area contributed by atoms with Crippen molar-refractivity contribution in [3.8, 4) is 11.5 Å². The third-order valence-electron chi connectivity index (χ3n) is 5.29. The molecule has 2 heterocycles. The average molecular weight is 422 g/mol. The molecule has 0 aliphatic heterocycles. The smallest absolute Gasteiger partial charge is 0.195 e. The predicted molar refractivity (Wildman–Crippen MR) is 114 cm³/mol. The number of anilines is 1. The first-order valence-electron chi connectivity index (χ1n) is 9.55. The molecule has 0 radical (unpaired) electrons. The summed E-state index contributed by atoms with van der Waals surface area (Å²) >= 11 is 6.11. The zero-order valence-electron chi connectivity index (χ0n) is 15.8. The molecule has 150 valence electrons. The Bertz CT molecular complexity index is 1300. The van der Waals surface area contributed by atoms with Crippen molar-refractivity contribution in [2.45, 2.75) is 18.8 Å². The maximum absolute atomic E-state index is 13.9. The van der Waals surface area contributed by atoms with Crippen LogP contribution in [0.5, 0.6) is 11.5 Å². The van der Waals surface area contributed by atoms with Crippen LogP contribution < -0.4 is 10.5 Å². The van der Waals surface area contributed by atoms with Gasteiger partial charge in [-0.05, 0) is 54.7 Å². The summed E-state index contributed by atoms with van der Waals surface area (Å²) < 4.78 is 19.7. The van der Waals surface area contributed by atoms with E-state index in [1.165, 1.54) is 12.3 Å². The van der Waals surface area contributed by atoms with Crippen LogP contribution in [0.4, 0.5) is 10.1 Å². The molecule has 1 saturated carbocycles. The quantitative estimate of drug-likeness (QED) is 0.397. The number of nitrogen functional groups attached to an aromatic ring is 1. The van der Waals surface area contributed by atoms with Crippen LogP contribution in [0.3, 0.4) is 0 Å². The van der Waals surface area contributed by atoms with E-state index in [2.05, 4.69) is 9.97 Å². The highest BCUT2D eigenvalue weighted by Crippen LogP contribution is 2.44. The summed E-state index contributed by atoms with van der Waals surface area (Å²) in [4.78, 5) is 20.6. The van der Waals surface area contributed by atoms with Crippen molar-refractivity contribution in [1.29, 1.82) is 0 Å². The molecule has 1 aliphatic rings. The number of carbonyl (C=O) groups excluding carboxylic acids is 1. The normalized spacial score (nSPS) is 13.5. The highest BCUT2D eigenvalue weighted by molar-refractivity contribution is 6.35. The fourth-order valence-electron chi connectivity index (χ4n) is 3.62. The molecule has 0 saturated heterocycles. The second-order valence-electron chi connectivity index (χ2n) is 7.33. The molecule has 2 aromatic carbocycles. The van der Waals surface area contributed by atoms with Crippen LogP contribution in [0.25, 0.3) is 11.0 Å². The number of ether oxygens (including phenoxy) is 1. The number of fused-ring (bicyclic) bond motifs is 1. The van der Waals surface area contributed by atoms with Gasteiger partial charge >= 0.3 is 0 Å². The van der Waals surface area contributed by atoms with E-state index >= 15 is 0 Å². The number of pyridine rings is 1. The second kappa shape index (κ2) is 7.15. The van der Waals surface area contributed by atoms with Crippen LogP contribution in [0, 0.1) is 5.82 Å². The lowest BCUT2D eigenvalue weighted by atomic mass is 9.95. The number of hydrogen-bond donors (Lipinski definition) is 2. The third-order valence-corrected chi connectivity index (χ3v) is 5.59. The summed E-state index contributed by atoms with van der Waals surface area (Å²) in [5, 5.41) is 0.813. The Hall–Kier alpha value is -3.38. The van der Waals surface area contributed by atoms with Crippen molar-refractivity contribution in [2.24, 2.45) is 0 Å². The number of ketones is 1. The van der Waals surface area contributed by atoms with Gasteiger partial charge in [-0.1, -0.05) is 23.7 Å². The van der Waals surface area contributed by atoms with Gasteiger partial charge in [0.15, 0.2) is 17.3 Å². The van der Waals surface area contributed by atoms with Crippen LogP contribution in [-0.4, -0.2) is 15.8 Å². The zero-order valence-corrected chi connectivity index (χ0v) is 16.5. The number of nitrogens with one attached hydrogen (secondary N) is 1. The van der Waals surface area contributed by atoms with Gasteiger partial charge in [0, 0.05) is 11.8 Å². The number of aromatic amines is 1. The molecule has 0 bridgehead atoms. The Morgan fingerprint density at radius 2 is 2.00 bits per heavy atom. The van der Waals surface area contributed by atoms with Gasteiger partial charge in [0.25, 0.3) is 0 Å². The summed E-state index contributed by atoms with van der Waals surface area (Å²) in [5.74, 6) is 0.295. The fraction of sp³-hybridized carbons (Fsp3) is 0.130. The highest BCUT2D eigenvalue weighted by atomic mass is 35.5. The maximum atomic E-state index is 13.9. The fourth-order valence-corrected chi connectivity index (χ4v) is 3.76. The Labute approximate surface area is 176 Å². The summed E-state index contributed by atoms with van der Waals surface area (Å²) in [6, 6.07) is 11.4. The number of carbonyl (C=O) groups is 1. The van der Waals surface area contributed by atoms with Gasteiger partial charge in [-0.2, -0.15) is 0 Å². The molecule has 0 amide bonds. The van der Waals surface area contributed by atoms with Crippen LogP contribution in [0.2, 0.25) is 5.02 Å². The summed E-state index contributed by atoms with van der Waals surface area (Å²) in [6.45, 7) is 0. The molecule has 4 aromatic rings. The van der Waals surface area contributed by atoms with E-state index in [0.717, 1.165) is 18.4 Å². The largest absolute Gasteiger partial charge is 0.454 e. The number of H-pyrrole nitrogens is 1. The number of rotatable bonds is 5. The number of nitrogens with zero attached hydrogens (tertiary/aromatic N) is 1. The molecule has 5 nitrogen and oxygen atoms in total. The molecule has 1 aliphatic carbocycles. The van der Waals surface area contributed by atoms with Gasteiger partial charge < -0.3 is 15.5 Å². The zero-order chi connectivity index (χ0) is 20.8. The van der Waals surface area contributed by atoms with Crippen molar-refractivity contribution in [2.75, 3.05) is 5.73 Å². The van der Waals surface area contributed by atoms with Crippen molar-refractivity contribution in [3.63, 3.8) is 0 Å². The van der Waals surface area contributed by atoms with Gasteiger partial charge in [-0.25, -0.2) is 9.37 Å². The Balaban J connectivity index is 1.56. The van der Waals surface area contributed by atoms with Gasteiger partial charge in [0.1, 0.15) is 11.4 Å². The number of aromatic nitrogens is 2. The van der Waals surface area contributed by atoms with E-state index in [1.807, 2.05) is 6.07 Å². The molecule has 5 rings (SSSR count). The standard InChI is InChI=1S/C23H17ClFN3O2/c24-17-11-28-23-20(21(17)26)16(10-27-23)22(29)14-8-7-13(9-15(14)12-5-6-12)30-19-4-2-1-3-18(19)25/h1-4,7-12H,5-6H2,(H3,26,27,28). The molecule has 30 heavy (non-hydrogen) atoms. The minimum Gasteiger partial charge on any atom is -0.454 e. The van der Waals surface area contributed by atoms with Crippen molar-refractivity contribution in [1.82, 2.24) is 9.97 Å². The number of nitrogens with two attached hydrogens (primary N) is 1. The Kier molecular flexibility index (Phi) is 4.44. The number of para-hydroxylation sites is 1. The maximum Gasteiger partial charge on any atom is 0.195 e. The molecule has 2 aromatic heterocycles. The lowest BCUT2D eigenvalue weighted by Crippen LogP contribution is -2.06. The van der Waals surface area contributed by atoms with E-state index in [0.29, 0.717) is 38.6 Å². The third kappa shape index (κ3) is 3.19. The number of hydrogen-bond acceptors (Lipinski definition) is 4. The molecule has 0 spiro atoms. The summed E-state index contributed by atoms with van der Waals surface area (Å²) in [7, 11) is 0. The SMILES string of the molecule is Nc1c(Cl)cnc2[nH]cc(C(=O)c3ccc(Oc4ccccc4F)cc3C3CC3)c12. The van der Waals surface area contributed by atoms with Gasteiger partial charge in [0.2, 0.25) is 0 Å². The highest BCUT2D eigenvalue weighted by Gasteiger charge is 2.30. The van der Waals surface area contributed by atoms with Crippen molar-refractivity contribution in [3.05, 3.63) is 82.4 Å². The van der Waals surface area contributed by atoms with Crippen LogP contribution in [-0.2, 0) is 0 Å². The van der Waals surface area contributed by atoms with Crippen LogP contribution in [0.1, 0.15) is 40.2 Å². The van der Waals surface area contributed by atoms with Gasteiger partial charge in [-0.3, -0.25) is 4.79 Å².